The van der Waals surface area contributed by atoms with E-state index in [4.69, 9.17) is 4.98 Å². The lowest BCUT2D eigenvalue weighted by atomic mass is 10.0. The van der Waals surface area contributed by atoms with Gasteiger partial charge in [-0.2, -0.15) is 0 Å². The first kappa shape index (κ1) is 14.8. The van der Waals surface area contributed by atoms with Crippen molar-refractivity contribution in [1.82, 2.24) is 9.97 Å². The lowest BCUT2D eigenvalue weighted by Gasteiger charge is -2.08. The first-order chi connectivity index (χ1) is 11.8. The van der Waals surface area contributed by atoms with Crippen LogP contribution in [0.5, 0.6) is 0 Å². The molecule has 4 rings (SSSR count). The SMILES string of the molecule is C=C/N=C1\C(=C/C)Sc2ccnc(-c3ccc4ccccc4n3)c21. The van der Waals surface area contributed by atoms with Crippen LogP contribution in [0.4, 0.5) is 0 Å². The van der Waals surface area contributed by atoms with Gasteiger partial charge in [0.05, 0.1) is 22.6 Å². The van der Waals surface area contributed by atoms with Crippen LogP contribution >= 0.6 is 11.8 Å². The average Bonchev–Trinajstić information content (AvgIpc) is 2.99. The van der Waals surface area contributed by atoms with Crippen LogP contribution in [0.2, 0.25) is 0 Å². The van der Waals surface area contributed by atoms with Crippen molar-refractivity contribution in [2.75, 3.05) is 0 Å². The van der Waals surface area contributed by atoms with Gasteiger partial charge >= 0.3 is 0 Å². The second-order valence-electron chi connectivity index (χ2n) is 5.34. The maximum absolute atomic E-state index is 4.80. The molecule has 0 bridgehead atoms. The molecule has 3 heterocycles. The van der Waals surface area contributed by atoms with Gasteiger partial charge in [-0.15, -0.1) is 0 Å². The fourth-order valence-corrected chi connectivity index (χ4v) is 3.89. The second-order valence-corrected chi connectivity index (χ2v) is 6.42. The minimum Gasteiger partial charge on any atom is -0.256 e. The Morgan fingerprint density at radius 1 is 1.12 bits per heavy atom. The predicted molar refractivity (Wildman–Crippen MR) is 101 cm³/mol. The summed E-state index contributed by atoms with van der Waals surface area (Å²) in [5, 5.41) is 1.12. The normalized spacial score (nSPS) is 16.7. The lowest BCUT2D eigenvalue weighted by Crippen LogP contribution is -2.02. The molecule has 1 aromatic carbocycles. The van der Waals surface area contributed by atoms with Crippen LogP contribution in [0.15, 0.2) is 82.3 Å². The summed E-state index contributed by atoms with van der Waals surface area (Å²) in [5.74, 6) is 0. The first-order valence-corrected chi connectivity index (χ1v) is 8.52. The molecule has 0 saturated carbocycles. The smallest absolute Gasteiger partial charge is 0.0992 e. The van der Waals surface area contributed by atoms with Crippen LogP contribution in [0, 0.1) is 0 Å². The molecule has 3 nitrogen and oxygen atoms in total. The number of hydrogen-bond donors (Lipinski definition) is 0. The molecule has 3 aromatic rings. The number of benzene rings is 1. The van der Waals surface area contributed by atoms with Gasteiger partial charge in [0.25, 0.3) is 0 Å². The van der Waals surface area contributed by atoms with Crippen LogP contribution < -0.4 is 0 Å². The summed E-state index contributed by atoms with van der Waals surface area (Å²) < 4.78 is 0. The Hall–Kier alpha value is -2.72. The van der Waals surface area contributed by atoms with Gasteiger partial charge in [-0.05, 0) is 25.1 Å². The van der Waals surface area contributed by atoms with Crippen molar-refractivity contribution in [3.63, 3.8) is 0 Å². The monoisotopic (exact) mass is 329 g/mol. The van der Waals surface area contributed by atoms with E-state index in [2.05, 4.69) is 34.8 Å². The fourth-order valence-electron chi connectivity index (χ4n) is 2.86. The van der Waals surface area contributed by atoms with Gasteiger partial charge in [0.2, 0.25) is 0 Å². The van der Waals surface area contributed by atoms with Gasteiger partial charge < -0.3 is 0 Å². The molecule has 1 aliphatic heterocycles. The van der Waals surface area contributed by atoms with E-state index in [1.54, 1.807) is 18.0 Å². The molecular weight excluding hydrogens is 314 g/mol. The third-order valence-electron chi connectivity index (χ3n) is 3.93. The highest BCUT2D eigenvalue weighted by molar-refractivity contribution is 8.04. The number of pyridine rings is 2. The van der Waals surface area contributed by atoms with Gasteiger partial charge in [0.15, 0.2) is 0 Å². The third-order valence-corrected chi connectivity index (χ3v) is 5.14. The summed E-state index contributed by atoms with van der Waals surface area (Å²) in [6, 6.07) is 14.2. The van der Waals surface area contributed by atoms with Crippen molar-refractivity contribution in [3.8, 4) is 11.4 Å². The summed E-state index contributed by atoms with van der Waals surface area (Å²) in [4.78, 5) is 16.2. The van der Waals surface area contributed by atoms with Gasteiger partial charge in [-0.3, -0.25) is 9.98 Å². The van der Waals surface area contributed by atoms with Crippen LogP contribution in [0.3, 0.4) is 0 Å². The highest BCUT2D eigenvalue weighted by Gasteiger charge is 2.27. The van der Waals surface area contributed by atoms with E-state index in [1.807, 2.05) is 43.5 Å². The Balaban J connectivity index is 1.96. The number of aromatic nitrogens is 2. The zero-order valence-electron chi connectivity index (χ0n) is 13.2. The van der Waals surface area contributed by atoms with E-state index in [0.717, 1.165) is 43.4 Å². The molecule has 24 heavy (non-hydrogen) atoms. The molecule has 0 saturated heterocycles. The van der Waals surface area contributed by atoms with Gasteiger partial charge in [0, 0.05) is 33.1 Å². The van der Waals surface area contributed by atoms with Crippen LogP contribution in [0.25, 0.3) is 22.3 Å². The zero-order chi connectivity index (χ0) is 16.5. The first-order valence-electron chi connectivity index (χ1n) is 7.70. The minimum atomic E-state index is 0.861. The number of thioether (sulfide) groups is 1. The molecular formula is C20H15N3S. The van der Waals surface area contributed by atoms with E-state index >= 15 is 0 Å². The third kappa shape index (κ3) is 2.36. The van der Waals surface area contributed by atoms with Crippen LogP contribution in [0.1, 0.15) is 12.5 Å². The maximum atomic E-state index is 4.80. The fraction of sp³-hybridized carbons (Fsp3) is 0.0500. The largest absolute Gasteiger partial charge is 0.256 e. The molecule has 4 heteroatoms. The standard InChI is InChI=1S/C20H15N3S/c1-3-16-20(21-4-2)18-17(24-16)11-12-22-19(18)15-10-9-13-7-5-6-8-14(13)23-15/h3-12H,2H2,1H3/b16-3+,21-20+. The predicted octanol–water partition coefficient (Wildman–Crippen LogP) is 5.24. The van der Waals surface area contributed by atoms with E-state index in [9.17, 15) is 0 Å². The number of rotatable bonds is 2. The number of allylic oxidation sites excluding steroid dienone is 2. The van der Waals surface area contributed by atoms with E-state index in [0.29, 0.717) is 0 Å². The Labute approximate surface area is 144 Å². The van der Waals surface area contributed by atoms with E-state index < -0.39 is 0 Å². The molecule has 2 aromatic heterocycles. The highest BCUT2D eigenvalue weighted by Crippen LogP contribution is 2.43. The minimum absolute atomic E-state index is 0.861. The number of hydrogen-bond acceptors (Lipinski definition) is 4. The maximum Gasteiger partial charge on any atom is 0.0992 e. The summed E-state index contributed by atoms with van der Waals surface area (Å²) >= 11 is 1.71. The zero-order valence-corrected chi connectivity index (χ0v) is 14.0. The molecule has 0 spiro atoms. The van der Waals surface area contributed by atoms with Crippen molar-refractivity contribution in [3.05, 3.63) is 78.0 Å². The summed E-state index contributed by atoms with van der Waals surface area (Å²) in [6.07, 6.45) is 5.49. The summed E-state index contributed by atoms with van der Waals surface area (Å²) in [7, 11) is 0. The van der Waals surface area contributed by atoms with Gasteiger partial charge in [-0.1, -0.05) is 48.7 Å². The number of fused-ring (bicyclic) bond motifs is 2. The highest BCUT2D eigenvalue weighted by atomic mass is 32.2. The number of nitrogens with zero attached hydrogens (tertiary/aromatic N) is 3. The van der Waals surface area contributed by atoms with Crippen molar-refractivity contribution in [1.29, 1.82) is 0 Å². The second kappa shape index (κ2) is 6.06. The quantitative estimate of drug-likeness (QED) is 0.645. The van der Waals surface area contributed by atoms with Crippen molar-refractivity contribution in [2.24, 2.45) is 4.99 Å². The molecule has 116 valence electrons. The Bertz CT molecular complexity index is 1020. The van der Waals surface area contributed by atoms with Crippen molar-refractivity contribution >= 4 is 28.4 Å². The van der Waals surface area contributed by atoms with E-state index in [-0.39, 0.29) is 0 Å². The molecule has 0 radical (unpaired) electrons. The van der Waals surface area contributed by atoms with Gasteiger partial charge in [0.1, 0.15) is 0 Å². The summed E-state index contributed by atoms with van der Waals surface area (Å²) in [5.41, 5.74) is 4.65. The molecule has 0 amide bonds. The molecule has 0 aliphatic carbocycles. The average molecular weight is 329 g/mol. The molecule has 0 unspecified atom stereocenters. The number of aliphatic imine (C=N–C) groups is 1. The molecule has 1 aliphatic rings. The molecule has 0 N–H and O–H groups in total. The van der Waals surface area contributed by atoms with Gasteiger partial charge in [-0.25, -0.2) is 4.98 Å². The van der Waals surface area contributed by atoms with Crippen LogP contribution in [-0.4, -0.2) is 15.7 Å². The Kier molecular flexibility index (Phi) is 3.75. The Morgan fingerprint density at radius 3 is 2.83 bits per heavy atom. The topological polar surface area (TPSA) is 38.1 Å². The van der Waals surface area contributed by atoms with Crippen molar-refractivity contribution < 1.29 is 0 Å². The van der Waals surface area contributed by atoms with Crippen molar-refractivity contribution in [2.45, 2.75) is 11.8 Å². The van der Waals surface area contributed by atoms with E-state index in [1.165, 1.54) is 0 Å². The molecule has 0 fully saturated rings. The molecule has 0 atom stereocenters. The lowest BCUT2D eigenvalue weighted by molar-refractivity contribution is 1.22. The summed E-state index contributed by atoms with van der Waals surface area (Å²) in [6.45, 7) is 5.77. The Morgan fingerprint density at radius 2 is 2.00 bits per heavy atom. The van der Waals surface area contributed by atoms with Crippen LogP contribution in [-0.2, 0) is 0 Å². The number of para-hydroxylation sites is 1.